The second-order valence-electron chi connectivity index (χ2n) is 5.26. The summed E-state index contributed by atoms with van der Waals surface area (Å²) < 4.78 is 40.0. The van der Waals surface area contributed by atoms with Crippen molar-refractivity contribution in [3.05, 3.63) is 24.3 Å². The van der Waals surface area contributed by atoms with Gasteiger partial charge in [-0.1, -0.05) is 0 Å². The topological polar surface area (TPSA) is 109 Å². The van der Waals surface area contributed by atoms with E-state index in [2.05, 4.69) is 14.7 Å². The van der Waals surface area contributed by atoms with E-state index in [4.69, 9.17) is 16.6 Å². The van der Waals surface area contributed by atoms with Gasteiger partial charge in [-0.25, -0.2) is 4.99 Å². The molecular formula is C14H19ClF3N5O2. The average molecular weight is 382 g/mol. The second-order valence-corrected chi connectivity index (χ2v) is 5.26. The summed E-state index contributed by atoms with van der Waals surface area (Å²) in [5, 5.41) is 9.10. The van der Waals surface area contributed by atoms with Crippen LogP contribution in [0.4, 0.5) is 18.9 Å². The molecule has 0 radical (unpaired) electrons. The average Bonchev–Trinajstić information content (AvgIpc) is 2.97. The van der Waals surface area contributed by atoms with Gasteiger partial charge in [-0.3, -0.25) is 0 Å². The molecule has 0 saturated carbocycles. The standard InChI is InChI=1S/C14H18F3N5O2.ClH/c15-14(16,17)24-11-3-1-10(2-4-11)20-12(18)21-13(19)22-6-5-9(7-22)8-23;/h1-4,9,23H,5-8H2,(H4,18,19,20,21);1H. The smallest absolute Gasteiger partial charge is 0.406 e. The van der Waals surface area contributed by atoms with Crippen LogP contribution in [0.2, 0.25) is 0 Å². The number of guanidine groups is 2. The maximum atomic E-state index is 12.1. The van der Waals surface area contributed by atoms with Gasteiger partial charge in [0.15, 0.2) is 5.96 Å². The van der Waals surface area contributed by atoms with Gasteiger partial charge >= 0.3 is 6.36 Å². The summed E-state index contributed by atoms with van der Waals surface area (Å²) >= 11 is 0. The van der Waals surface area contributed by atoms with Gasteiger partial charge in [-0.15, -0.1) is 25.6 Å². The van der Waals surface area contributed by atoms with Crippen LogP contribution in [0.5, 0.6) is 5.75 Å². The van der Waals surface area contributed by atoms with Crippen LogP contribution in [0.3, 0.4) is 0 Å². The summed E-state index contributed by atoms with van der Waals surface area (Å²) in [6.45, 7) is 1.33. The molecule has 25 heavy (non-hydrogen) atoms. The third-order valence-corrected chi connectivity index (χ3v) is 3.41. The van der Waals surface area contributed by atoms with E-state index in [1.54, 1.807) is 4.90 Å². The molecule has 1 atom stereocenters. The van der Waals surface area contributed by atoms with Crippen molar-refractivity contribution in [2.75, 3.05) is 19.7 Å². The molecule has 1 fully saturated rings. The summed E-state index contributed by atoms with van der Waals surface area (Å²) in [6, 6.07) is 4.88. The van der Waals surface area contributed by atoms with Crippen molar-refractivity contribution in [2.24, 2.45) is 27.4 Å². The quantitative estimate of drug-likeness (QED) is 0.544. The number of aliphatic imine (C=N–C) groups is 2. The molecule has 1 aliphatic heterocycles. The second kappa shape index (κ2) is 8.77. The third-order valence-electron chi connectivity index (χ3n) is 3.41. The lowest BCUT2D eigenvalue weighted by Gasteiger charge is -2.16. The Kier molecular flexibility index (Phi) is 7.31. The van der Waals surface area contributed by atoms with Crippen molar-refractivity contribution in [3.8, 4) is 5.75 Å². The Morgan fingerprint density at radius 3 is 2.44 bits per heavy atom. The van der Waals surface area contributed by atoms with E-state index in [1.165, 1.54) is 12.1 Å². The molecule has 1 aromatic carbocycles. The minimum Gasteiger partial charge on any atom is -0.406 e. The van der Waals surface area contributed by atoms with Crippen LogP contribution in [-0.4, -0.2) is 48.0 Å². The molecule has 0 aliphatic carbocycles. The lowest BCUT2D eigenvalue weighted by molar-refractivity contribution is -0.274. The van der Waals surface area contributed by atoms with Crippen LogP contribution >= 0.6 is 12.4 Å². The fourth-order valence-corrected chi connectivity index (χ4v) is 2.26. The molecule has 0 aromatic heterocycles. The Morgan fingerprint density at radius 1 is 1.28 bits per heavy atom. The van der Waals surface area contributed by atoms with Crippen molar-refractivity contribution in [2.45, 2.75) is 12.8 Å². The fourth-order valence-electron chi connectivity index (χ4n) is 2.26. The number of nitrogens with two attached hydrogens (primary N) is 2. The lowest BCUT2D eigenvalue weighted by atomic mass is 10.1. The first-order valence-corrected chi connectivity index (χ1v) is 7.17. The molecule has 1 saturated heterocycles. The van der Waals surface area contributed by atoms with Crippen molar-refractivity contribution in [1.29, 1.82) is 0 Å². The SMILES string of the molecule is Cl.NC(=Nc1ccc(OC(F)(F)F)cc1)N=C(N)N1CCC(CO)C1. The van der Waals surface area contributed by atoms with Gasteiger partial charge in [-0.05, 0) is 30.7 Å². The van der Waals surface area contributed by atoms with Gasteiger partial charge in [0.1, 0.15) is 5.75 Å². The number of likely N-dealkylation sites (tertiary alicyclic amines) is 1. The lowest BCUT2D eigenvalue weighted by Crippen LogP contribution is -2.37. The fraction of sp³-hybridized carbons (Fsp3) is 0.429. The van der Waals surface area contributed by atoms with Gasteiger partial charge in [-0.2, -0.15) is 4.99 Å². The number of alkyl halides is 3. The van der Waals surface area contributed by atoms with Crippen molar-refractivity contribution in [3.63, 3.8) is 0 Å². The normalized spacial score (nSPS) is 18.9. The van der Waals surface area contributed by atoms with Gasteiger partial charge in [0.2, 0.25) is 5.96 Å². The zero-order valence-corrected chi connectivity index (χ0v) is 13.9. The molecule has 2 rings (SSSR count). The van der Waals surface area contributed by atoms with Crippen LogP contribution < -0.4 is 16.2 Å². The highest BCUT2D eigenvalue weighted by atomic mass is 35.5. The maximum absolute atomic E-state index is 12.1. The number of halogens is 4. The first kappa shape index (κ1) is 20.8. The number of rotatable bonds is 3. The number of nitrogens with zero attached hydrogens (tertiary/aromatic N) is 3. The van der Waals surface area contributed by atoms with Crippen molar-refractivity contribution >= 4 is 30.0 Å². The van der Waals surface area contributed by atoms with E-state index in [0.29, 0.717) is 18.8 Å². The number of benzene rings is 1. The third kappa shape index (κ3) is 6.67. The van der Waals surface area contributed by atoms with Crippen molar-refractivity contribution < 1.29 is 23.0 Å². The van der Waals surface area contributed by atoms with Crippen LogP contribution in [-0.2, 0) is 0 Å². The Labute approximate surface area is 148 Å². The first-order valence-electron chi connectivity index (χ1n) is 7.17. The molecule has 1 aromatic rings. The minimum atomic E-state index is -4.75. The molecule has 0 bridgehead atoms. The van der Waals surface area contributed by atoms with Crippen LogP contribution in [0.25, 0.3) is 0 Å². The highest BCUT2D eigenvalue weighted by molar-refractivity contribution is 5.94. The van der Waals surface area contributed by atoms with Gasteiger partial charge in [0.25, 0.3) is 0 Å². The molecular weight excluding hydrogens is 363 g/mol. The molecule has 7 nitrogen and oxygen atoms in total. The molecule has 0 spiro atoms. The predicted molar refractivity (Wildman–Crippen MR) is 90.0 cm³/mol. The number of hydrogen-bond donors (Lipinski definition) is 3. The number of ether oxygens (including phenoxy) is 1. The summed E-state index contributed by atoms with van der Waals surface area (Å²) in [7, 11) is 0. The predicted octanol–water partition coefficient (Wildman–Crippen LogP) is 1.58. The first-order chi connectivity index (χ1) is 11.3. The maximum Gasteiger partial charge on any atom is 0.573 e. The Balaban J connectivity index is 0.00000312. The Morgan fingerprint density at radius 2 is 1.92 bits per heavy atom. The number of aliphatic hydroxyl groups is 1. The zero-order chi connectivity index (χ0) is 17.7. The van der Waals surface area contributed by atoms with E-state index in [-0.39, 0.29) is 42.6 Å². The number of aliphatic hydroxyl groups excluding tert-OH is 1. The summed E-state index contributed by atoms with van der Waals surface area (Å²) in [5.74, 6) is -0.137. The number of hydrogen-bond acceptors (Lipinski definition) is 3. The van der Waals surface area contributed by atoms with E-state index < -0.39 is 6.36 Å². The molecule has 5 N–H and O–H groups in total. The molecule has 1 unspecified atom stereocenters. The molecule has 1 aliphatic rings. The summed E-state index contributed by atoms with van der Waals surface area (Å²) in [5.41, 5.74) is 11.8. The van der Waals surface area contributed by atoms with Gasteiger partial charge in [0, 0.05) is 25.6 Å². The highest BCUT2D eigenvalue weighted by Crippen LogP contribution is 2.24. The zero-order valence-electron chi connectivity index (χ0n) is 13.1. The van der Waals surface area contributed by atoms with Crippen LogP contribution in [0.15, 0.2) is 34.3 Å². The van der Waals surface area contributed by atoms with Gasteiger partial charge < -0.3 is 26.2 Å². The van der Waals surface area contributed by atoms with Gasteiger partial charge in [0.05, 0.1) is 5.69 Å². The summed E-state index contributed by atoms with van der Waals surface area (Å²) in [6.07, 6.45) is -3.94. The Hall–Kier alpha value is -2.20. The minimum absolute atomic E-state index is 0. The van der Waals surface area contributed by atoms with E-state index in [9.17, 15) is 13.2 Å². The van der Waals surface area contributed by atoms with E-state index in [0.717, 1.165) is 18.6 Å². The monoisotopic (exact) mass is 381 g/mol. The van der Waals surface area contributed by atoms with Crippen LogP contribution in [0.1, 0.15) is 6.42 Å². The van der Waals surface area contributed by atoms with Crippen molar-refractivity contribution in [1.82, 2.24) is 4.90 Å². The highest BCUT2D eigenvalue weighted by Gasteiger charge is 2.31. The van der Waals surface area contributed by atoms with Crippen LogP contribution in [0, 0.1) is 5.92 Å². The summed E-state index contributed by atoms with van der Waals surface area (Å²) in [4.78, 5) is 9.70. The molecule has 11 heteroatoms. The Bertz CT molecular complexity index is 622. The van der Waals surface area contributed by atoms with E-state index >= 15 is 0 Å². The largest absolute Gasteiger partial charge is 0.573 e. The molecule has 140 valence electrons. The molecule has 1 heterocycles. The molecule has 0 amide bonds. The van der Waals surface area contributed by atoms with E-state index in [1.807, 2.05) is 0 Å².